The van der Waals surface area contributed by atoms with E-state index < -0.39 is 28.7 Å². The second-order valence-electron chi connectivity index (χ2n) is 8.71. The first-order valence-corrected chi connectivity index (χ1v) is 12.0. The lowest BCUT2D eigenvalue weighted by Crippen LogP contribution is -2.61. The SMILES string of the molecule is CCC[C@@H](S)C(=O)NC1(C(=O)NC(Cc2ccc(-c3ccccc3)cc2)C(=O)O)CCCC1. The third-order valence-corrected chi connectivity index (χ3v) is 6.72. The van der Waals surface area contributed by atoms with Crippen LogP contribution in [-0.2, 0) is 20.8 Å². The van der Waals surface area contributed by atoms with Gasteiger partial charge in [0.2, 0.25) is 11.8 Å². The van der Waals surface area contributed by atoms with Crippen molar-refractivity contribution >= 4 is 30.4 Å². The average molecular weight is 469 g/mol. The molecule has 0 aromatic heterocycles. The molecule has 1 unspecified atom stereocenters. The molecule has 1 aliphatic carbocycles. The van der Waals surface area contributed by atoms with Crippen LogP contribution >= 0.6 is 12.6 Å². The molecule has 0 aliphatic heterocycles. The topological polar surface area (TPSA) is 95.5 Å². The molecule has 1 aliphatic rings. The van der Waals surface area contributed by atoms with Crippen LogP contribution in [0.3, 0.4) is 0 Å². The number of carbonyl (C=O) groups excluding carboxylic acids is 2. The van der Waals surface area contributed by atoms with Crippen molar-refractivity contribution < 1.29 is 19.5 Å². The summed E-state index contributed by atoms with van der Waals surface area (Å²) >= 11 is 4.35. The molecule has 0 saturated heterocycles. The predicted molar refractivity (Wildman–Crippen MR) is 132 cm³/mol. The number of hydrogen-bond acceptors (Lipinski definition) is 4. The molecule has 6 nitrogen and oxygen atoms in total. The van der Waals surface area contributed by atoms with Crippen LogP contribution in [0.5, 0.6) is 0 Å². The van der Waals surface area contributed by atoms with Gasteiger partial charge in [0, 0.05) is 6.42 Å². The van der Waals surface area contributed by atoms with Crippen LogP contribution in [0.2, 0.25) is 0 Å². The van der Waals surface area contributed by atoms with Crippen molar-refractivity contribution in [1.29, 1.82) is 0 Å². The first kappa shape index (κ1) is 24.8. The molecule has 0 bridgehead atoms. The lowest BCUT2D eigenvalue weighted by Gasteiger charge is -2.31. The van der Waals surface area contributed by atoms with Gasteiger partial charge in [-0.3, -0.25) is 9.59 Å². The number of carboxylic acids is 1. The van der Waals surface area contributed by atoms with E-state index >= 15 is 0 Å². The Labute approximate surface area is 200 Å². The van der Waals surface area contributed by atoms with Crippen LogP contribution in [-0.4, -0.2) is 39.7 Å². The largest absolute Gasteiger partial charge is 0.480 e. The molecule has 2 atom stereocenters. The van der Waals surface area contributed by atoms with E-state index in [0.29, 0.717) is 19.3 Å². The van der Waals surface area contributed by atoms with Gasteiger partial charge in [0.15, 0.2) is 0 Å². The second kappa shape index (κ2) is 11.4. The Morgan fingerprint density at radius 1 is 1.00 bits per heavy atom. The Bertz CT molecular complexity index is 956. The molecule has 33 heavy (non-hydrogen) atoms. The molecule has 1 saturated carbocycles. The van der Waals surface area contributed by atoms with Gasteiger partial charge in [-0.15, -0.1) is 0 Å². The highest BCUT2D eigenvalue weighted by atomic mass is 32.1. The first-order chi connectivity index (χ1) is 15.8. The van der Waals surface area contributed by atoms with Crippen LogP contribution in [0.4, 0.5) is 0 Å². The minimum Gasteiger partial charge on any atom is -0.480 e. The van der Waals surface area contributed by atoms with Crippen molar-refractivity contribution in [2.45, 2.75) is 68.7 Å². The standard InChI is InChI=1S/C26H32N2O4S/c1-2-8-22(33)23(29)28-26(15-6-7-16-26)25(32)27-21(24(30)31)17-18-11-13-20(14-12-18)19-9-4-3-5-10-19/h3-5,9-14,21-22,33H,2,6-8,15-17H2,1H3,(H,27,32)(H,28,29)(H,30,31)/t21?,22-/m1/s1. The highest BCUT2D eigenvalue weighted by Gasteiger charge is 2.44. The Hall–Kier alpha value is -2.80. The van der Waals surface area contributed by atoms with Crippen molar-refractivity contribution in [3.63, 3.8) is 0 Å². The molecular formula is C26H32N2O4S. The van der Waals surface area contributed by atoms with E-state index in [1.54, 1.807) is 0 Å². The quantitative estimate of drug-likeness (QED) is 0.397. The Kier molecular flexibility index (Phi) is 8.55. The number of rotatable bonds is 10. The zero-order valence-electron chi connectivity index (χ0n) is 18.9. The maximum atomic E-state index is 13.2. The van der Waals surface area contributed by atoms with Crippen LogP contribution in [0.25, 0.3) is 11.1 Å². The van der Waals surface area contributed by atoms with Gasteiger partial charge in [0.05, 0.1) is 5.25 Å². The van der Waals surface area contributed by atoms with Crippen LogP contribution in [0, 0.1) is 0 Å². The van der Waals surface area contributed by atoms with Gasteiger partial charge >= 0.3 is 5.97 Å². The maximum absolute atomic E-state index is 13.2. The fraction of sp³-hybridized carbons (Fsp3) is 0.423. The van der Waals surface area contributed by atoms with Crippen LogP contribution < -0.4 is 10.6 Å². The molecule has 0 spiro atoms. The van der Waals surface area contributed by atoms with E-state index in [1.807, 2.05) is 61.5 Å². The molecule has 3 N–H and O–H groups in total. The van der Waals surface area contributed by atoms with Crippen LogP contribution in [0.1, 0.15) is 51.0 Å². The van der Waals surface area contributed by atoms with Gasteiger partial charge in [-0.2, -0.15) is 12.6 Å². The predicted octanol–water partition coefficient (Wildman–Crippen LogP) is 3.99. The number of aliphatic carboxylic acids is 1. The van der Waals surface area contributed by atoms with Crippen molar-refractivity contribution in [3.8, 4) is 11.1 Å². The van der Waals surface area contributed by atoms with Crippen molar-refractivity contribution in [2.75, 3.05) is 0 Å². The Morgan fingerprint density at radius 3 is 2.18 bits per heavy atom. The Balaban J connectivity index is 1.69. The van der Waals surface area contributed by atoms with Gasteiger partial charge < -0.3 is 15.7 Å². The number of carboxylic acid groups (broad SMARTS) is 1. The molecule has 3 rings (SSSR count). The molecule has 2 amide bonds. The normalized spacial score (nSPS) is 16.5. The van der Waals surface area contributed by atoms with Crippen LogP contribution in [0.15, 0.2) is 54.6 Å². The molecule has 0 radical (unpaired) electrons. The van der Waals surface area contributed by atoms with Crippen molar-refractivity contribution in [3.05, 3.63) is 60.2 Å². The second-order valence-corrected chi connectivity index (χ2v) is 9.34. The van der Waals surface area contributed by atoms with Crippen molar-refractivity contribution in [1.82, 2.24) is 10.6 Å². The van der Waals surface area contributed by atoms with Gasteiger partial charge in [0.1, 0.15) is 11.6 Å². The van der Waals surface area contributed by atoms with E-state index in [0.717, 1.165) is 36.0 Å². The number of hydrogen-bond donors (Lipinski definition) is 4. The fourth-order valence-corrected chi connectivity index (χ4v) is 4.63. The summed E-state index contributed by atoms with van der Waals surface area (Å²) in [5.41, 5.74) is 1.86. The summed E-state index contributed by atoms with van der Waals surface area (Å²) in [5, 5.41) is 14.9. The Morgan fingerprint density at radius 2 is 1.61 bits per heavy atom. The molecule has 7 heteroatoms. The molecule has 1 fully saturated rings. The van der Waals surface area contributed by atoms with Crippen molar-refractivity contribution in [2.24, 2.45) is 0 Å². The molecular weight excluding hydrogens is 436 g/mol. The molecule has 2 aromatic carbocycles. The summed E-state index contributed by atoms with van der Waals surface area (Å²) in [6, 6.07) is 16.5. The van der Waals surface area contributed by atoms with Gasteiger partial charge in [-0.25, -0.2) is 4.79 Å². The number of thiol groups is 1. The summed E-state index contributed by atoms with van der Waals surface area (Å²) in [7, 11) is 0. The molecule has 2 aromatic rings. The highest BCUT2D eigenvalue weighted by molar-refractivity contribution is 7.81. The van der Waals surface area contributed by atoms with E-state index in [9.17, 15) is 19.5 Å². The van der Waals surface area contributed by atoms with E-state index in [2.05, 4.69) is 23.3 Å². The molecule has 0 heterocycles. The number of carbonyl (C=O) groups is 3. The summed E-state index contributed by atoms with van der Waals surface area (Å²) < 4.78 is 0. The lowest BCUT2D eigenvalue weighted by atomic mass is 9.94. The zero-order valence-corrected chi connectivity index (χ0v) is 19.8. The minimum atomic E-state index is -1.10. The summed E-state index contributed by atoms with van der Waals surface area (Å²) in [5.74, 6) is -1.81. The van der Waals surface area contributed by atoms with E-state index in [1.165, 1.54) is 0 Å². The maximum Gasteiger partial charge on any atom is 0.326 e. The van der Waals surface area contributed by atoms with E-state index in [-0.39, 0.29) is 12.3 Å². The fourth-order valence-electron chi connectivity index (χ4n) is 4.31. The minimum absolute atomic E-state index is 0.158. The third-order valence-electron chi connectivity index (χ3n) is 6.22. The van der Waals surface area contributed by atoms with E-state index in [4.69, 9.17) is 0 Å². The monoisotopic (exact) mass is 468 g/mol. The number of amides is 2. The number of benzene rings is 2. The van der Waals surface area contributed by atoms with Gasteiger partial charge in [-0.1, -0.05) is 80.8 Å². The first-order valence-electron chi connectivity index (χ1n) is 11.5. The third kappa shape index (κ3) is 6.38. The van der Waals surface area contributed by atoms with Gasteiger partial charge in [-0.05, 0) is 36.0 Å². The summed E-state index contributed by atoms with van der Waals surface area (Å²) in [6.45, 7) is 1.97. The smallest absolute Gasteiger partial charge is 0.326 e. The van der Waals surface area contributed by atoms with Gasteiger partial charge in [0.25, 0.3) is 0 Å². The zero-order chi connectivity index (χ0) is 23.8. The average Bonchev–Trinajstić information content (AvgIpc) is 3.29. The summed E-state index contributed by atoms with van der Waals surface area (Å²) in [4.78, 5) is 37.7. The highest BCUT2D eigenvalue weighted by Crippen LogP contribution is 2.31. The lowest BCUT2D eigenvalue weighted by molar-refractivity contribution is -0.143. The summed E-state index contributed by atoms with van der Waals surface area (Å²) in [6.07, 6.45) is 4.18. The molecule has 176 valence electrons. The number of nitrogens with one attached hydrogen (secondary N) is 2.